The molecule has 0 aliphatic heterocycles. The number of rotatable bonds is 7. The fourth-order valence-electron chi connectivity index (χ4n) is 4.68. The van der Waals surface area contributed by atoms with Gasteiger partial charge < -0.3 is 5.11 Å². The molecule has 0 spiro atoms. The second-order valence-electron chi connectivity index (χ2n) is 9.26. The van der Waals surface area contributed by atoms with Crippen LogP contribution in [-0.4, -0.2) is 40.2 Å². The molecular weight excluding hydrogens is 431 g/mol. The third-order valence-electron chi connectivity index (χ3n) is 6.75. The molecule has 0 unspecified atom stereocenters. The maximum absolute atomic E-state index is 13.4. The van der Waals surface area contributed by atoms with Crippen LogP contribution in [0.2, 0.25) is 0 Å². The zero-order valence-electron chi connectivity index (χ0n) is 20.0. The molecule has 0 saturated heterocycles. The van der Waals surface area contributed by atoms with Crippen LogP contribution in [0, 0.1) is 19.7 Å². The molecular formula is C26H29FN6O. The van der Waals surface area contributed by atoms with Crippen LogP contribution < -0.4 is 0 Å². The lowest BCUT2D eigenvalue weighted by molar-refractivity contribution is 0.150. The number of benzene rings is 1. The minimum absolute atomic E-state index is 0.253. The van der Waals surface area contributed by atoms with Crippen molar-refractivity contribution in [1.29, 1.82) is 0 Å². The van der Waals surface area contributed by atoms with Gasteiger partial charge in [0.15, 0.2) is 5.82 Å². The van der Waals surface area contributed by atoms with Gasteiger partial charge in [-0.05, 0) is 62.9 Å². The van der Waals surface area contributed by atoms with Gasteiger partial charge in [0, 0.05) is 42.8 Å². The Morgan fingerprint density at radius 2 is 1.79 bits per heavy atom. The predicted molar refractivity (Wildman–Crippen MR) is 127 cm³/mol. The third kappa shape index (κ3) is 4.14. The second-order valence-corrected chi connectivity index (χ2v) is 9.26. The molecule has 0 radical (unpaired) electrons. The quantitative estimate of drug-likeness (QED) is 0.450. The number of nitrogens with zero attached hydrogens (tertiary/aromatic N) is 6. The Hall–Kier alpha value is -3.39. The first-order valence-corrected chi connectivity index (χ1v) is 11.7. The van der Waals surface area contributed by atoms with Crippen LogP contribution >= 0.6 is 0 Å². The van der Waals surface area contributed by atoms with Gasteiger partial charge in [0.1, 0.15) is 12.1 Å². The first-order chi connectivity index (χ1) is 16.3. The minimum Gasteiger partial charge on any atom is -0.390 e. The largest absolute Gasteiger partial charge is 0.390 e. The standard InChI is InChI=1S/C26H29FN6O/c1-5-21-23(31-32(4)25(21)18-6-8-19(27)9-7-18)12-20-13-24(29-15-28-20)33-17(3)22(16(2)30-33)14-26(34)10-11-26/h6-9,13,15,34H,5,10-12,14H2,1-4H3. The van der Waals surface area contributed by atoms with Crippen LogP contribution in [0.5, 0.6) is 0 Å². The fraction of sp³-hybridized carbons (Fsp3) is 0.385. The summed E-state index contributed by atoms with van der Waals surface area (Å²) in [6.07, 6.45) is 5.24. The van der Waals surface area contributed by atoms with Gasteiger partial charge in [0.2, 0.25) is 0 Å². The lowest BCUT2D eigenvalue weighted by Gasteiger charge is -2.09. The molecule has 1 aromatic carbocycles. The van der Waals surface area contributed by atoms with E-state index >= 15 is 0 Å². The Morgan fingerprint density at radius 1 is 1.06 bits per heavy atom. The van der Waals surface area contributed by atoms with Gasteiger partial charge in [-0.25, -0.2) is 19.0 Å². The number of halogens is 1. The number of hydrogen-bond donors (Lipinski definition) is 1. The second kappa shape index (κ2) is 8.43. The van der Waals surface area contributed by atoms with Gasteiger partial charge in [-0.1, -0.05) is 6.92 Å². The molecule has 0 bridgehead atoms. The fourth-order valence-corrected chi connectivity index (χ4v) is 4.68. The van der Waals surface area contributed by atoms with Crippen molar-refractivity contribution in [3.05, 3.63) is 76.4 Å². The van der Waals surface area contributed by atoms with Crippen LogP contribution in [-0.2, 0) is 26.3 Å². The Kier molecular flexibility index (Phi) is 5.56. The van der Waals surface area contributed by atoms with E-state index in [0.717, 1.165) is 64.4 Å². The van der Waals surface area contributed by atoms with Crippen molar-refractivity contribution >= 4 is 0 Å². The monoisotopic (exact) mass is 460 g/mol. The molecule has 3 heterocycles. The van der Waals surface area contributed by atoms with Crippen molar-refractivity contribution < 1.29 is 9.50 Å². The average molecular weight is 461 g/mol. The van der Waals surface area contributed by atoms with E-state index in [1.165, 1.54) is 12.1 Å². The zero-order chi connectivity index (χ0) is 24.0. The van der Waals surface area contributed by atoms with Crippen molar-refractivity contribution in [2.75, 3.05) is 0 Å². The van der Waals surface area contributed by atoms with Crippen molar-refractivity contribution in [3.8, 4) is 17.1 Å². The molecule has 3 aromatic heterocycles. The summed E-state index contributed by atoms with van der Waals surface area (Å²) in [4.78, 5) is 8.96. The Balaban J connectivity index is 1.46. The lowest BCUT2D eigenvalue weighted by Crippen LogP contribution is -2.12. The van der Waals surface area contributed by atoms with Crippen molar-refractivity contribution in [2.45, 2.75) is 58.5 Å². The summed E-state index contributed by atoms with van der Waals surface area (Å²) in [5, 5.41) is 19.9. The normalized spacial score (nSPS) is 14.5. The number of aryl methyl sites for hydroxylation is 2. The maximum Gasteiger partial charge on any atom is 0.157 e. The van der Waals surface area contributed by atoms with E-state index in [-0.39, 0.29) is 5.82 Å². The first-order valence-electron chi connectivity index (χ1n) is 11.7. The highest BCUT2D eigenvalue weighted by molar-refractivity contribution is 5.65. The van der Waals surface area contributed by atoms with Gasteiger partial charge in [0.25, 0.3) is 0 Å². The summed E-state index contributed by atoms with van der Waals surface area (Å²) < 4.78 is 17.1. The van der Waals surface area contributed by atoms with Crippen molar-refractivity contribution in [1.82, 2.24) is 29.5 Å². The minimum atomic E-state index is -0.571. The van der Waals surface area contributed by atoms with Crippen LogP contribution in [0.4, 0.5) is 4.39 Å². The van der Waals surface area contributed by atoms with E-state index in [2.05, 4.69) is 16.9 Å². The molecule has 1 saturated carbocycles. The third-order valence-corrected chi connectivity index (χ3v) is 6.75. The summed E-state index contributed by atoms with van der Waals surface area (Å²) in [5.41, 5.74) is 7.27. The molecule has 0 atom stereocenters. The van der Waals surface area contributed by atoms with Crippen LogP contribution in [0.15, 0.2) is 36.7 Å². The topological polar surface area (TPSA) is 81.7 Å². The Morgan fingerprint density at radius 3 is 2.47 bits per heavy atom. The summed E-state index contributed by atoms with van der Waals surface area (Å²) in [6, 6.07) is 8.47. The number of hydrogen-bond acceptors (Lipinski definition) is 5. The lowest BCUT2D eigenvalue weighted by atomic mass is 10.0. The molecule has 7 nitrogen and oxygen atoms in total. The highest BCUT2D eigenvalue weighted by Crippen LogP contribution is 2.39. The molecule has 1 fully saturated rings. The molecule has 1 N–H and O–H groups in total. The highest BCUT2D eigenvalue weighted by Gasteiger charge is 2.41. The predicted octanol–water partition coefficient (Wildman–Crippen LogP) is 4.04. The molecule has 4 aromatic rings. The van der Waals surface area contributed by atoms with Gasteiger partial charge in [-0.3, -0.25) is 4.68 Å². The molecule has 1 aliphatic rings. The van der Waals surface area contributed by atoms with Crippen LogP contribution in [0.1, 0.15) is 53.7 Å². The van der Waals surface area contributed by atoms with Crippen molar-refractivity contribution in [2.24, 2.45) is 7.05 Å². The van der Waals surface area contributed by atoms with E-state index in [1.54, 1.807) is 18.5 Å². The Labute approximate surface area is 198 Å². The van der Waals surface area contributed by atoms with E-state index < -0.39 is 5.60 Å². The SMILES string of the molecule is CCc1c(Cc2cc(-n3nc(C)c(CC4(O)CC4)c3C)ncn2)nn(C)c1-c1ccc(F)cc1. The van der Waals surface area contributed by atoms with Gasteiger partial charge >= 0.3 is 0 Å². The van der Waals surface area contributed by atoms with E-state index in [4.69, 9.17) is 10.2 Å². The highest BCUT2D eigenvalue weighted by atomic mass is 19.1. The average Bonchev–Trinajstić information content (AvgIpc) is 3.38. The van der Waals surface area contributed by atoms with Gasteiger partial charge in [-0.15, -0.1) is 0 Å². The summed E-state index contributed by atoms with van der Waals surface area (Å²) >= 11 is 0. The van der Waals surface area contributed by atoms with E-state index in [1.807, 2.05) is 36.3 Å². The first kappa shape index (κ1) is 22.4. The summed E-state index contributed by atoms with van der Waals surface area (Å²) in [5.74, 6) is 0.448. The molecule has 176 valence electrons. The maximum atomic E-state index is 13.4. The number of aliphatic hydroxyl groups is 1. The zero-order valence-corrected chi connectivity index (χ0v) is 20.0. The molecule has 34 heavy (non-hydrogen) atoms. The van der Waals surface area contributed by atoms with Crippen LogP contribution in [0.3, 0.4) is 0 Å². The summed E-state index contributed by atoms with van der Waals surface area (Å²) in [7, 11) is 1.91. The molecule has 5 rings (SSSR count). The van der Waals surface area contributed by atoms with E-state index in [0.29, 0.717) is 18.7 Å². The Bertz CT molecular complexity index is 1350. The van der Waals surface area contributed by atoms with Crippen molar-refractivity contribution in [3.63, 3.8) is 0 Å². The van der Waals surface area contributed by atoms with Gasteiger partial charge in [0.05, 0.1) is 28.4 Å². The van der Waals surface area contributed by atoms with E-state index in [9.17, 15) is 9.50 Å². The number of aromatic nitrogens is 6. The van der Waals surface area contributed by atoms with Crippen LogP contribution in [0.25, 0.3) is 17.1 Å². The smallest absolute Gasteiger partial charge is 0.157 e. The molecule has 8 heteroatoms. The summed E-state index contributed by atoms with van der Waals surface area (Å²) in [6.45, 7) is 6.10. The molecule has 0 amide bonds. The molecule has 1 aliphatic carbocycles. The van der Waals surface area contributed by atoms with Gasteiger partial charge in [-0.2, -0.15) is 10.2 Å².